The Morgan fingerprint density at radius 2 is 1.96 bits per heavy atom. The Balaban J connectivity index is 2.16. The average Bonchev–Trinajstić information content (AvgIpc) is 3.07. The molecule has 26 heavy (non-hydrogen) atoms. The molecule has 1 aliphatic rings. The second-order valence-electron chi connectivity index (χ2n) is 5.71. The Hall–Kier alpha value is -2.46. The zero-order valence-electron chi connectivity index (χ0n) is 12.9. The summed E-state index contributed by atoms with van der Waals surface area (Å²) in [5, 5.41) is 15.4. The summed E-state index contributed by atoms with van der Waals surface area (Å²) in [6.45, 7) is 0. The fourth-order valence-corrected chi connectivity index (χ4v) is 3.59. The van der Waals surface area contributed by atoms with Gasteiger partial charge in [-0.25, -0.2) is 9.18 Å². The molecule has 3 rings (SSSR count). The third kappa shape index (κ3) is 3.06. The van der Waals surface area contributed by atoms with Crippen LogP contribution in [0.15, 0.2) is 41.8 Å². The molecule has 1 aromatic carbocycles. The Bertz CT molecular complexity index is 840. The van der Waals surface area contributed by atoms with Crippen LogP contribution in [-0.2, 0) is 0 Å². The summed E-state index contributed by atoms with van der Waals surface area (Å²) in [5.74, 6) is -3.93. The molecule has 0 unspecified atom stereocenters. The summed E-state index contributed by atoms with van der Waals surface area (Å²) in [6, 6.07) is 4.35. The number of hydrogen-bond donors (Lipinski definition) is 3. The minimum Gasteiger partial charge on any atom is -0.363 e. The lowest BCUT2D eigenvalue weighted by molar-refractivity contribution is -0.287. The molecule has 10 heteroatoms. The van der Waals surface area contributed by atoms with Crippen molar-refractivity contribution in [3.63, 3.8) is 0 Å². The minimum absolute atomic E-state index is 0.0305. The van der Waals surface area contributed by atoms with E-state index in [0.29, 0.717) is 0 Å². The van der Waals surface area contributed by atoms with Crippen LogP contribution in [0.3, 0.4) is 0 Å². The van der Waals surface area contributed by atoms with Crippen LogP contribution in [0.4, 0.5) is 22.4 Å². The van der Waals surface area contributed by atoms with Gasteiger partial charge in [-0.3, -0.25) is 4.79 Å². The molecule has 2 amide bonds. The number of amides is 2. The molecule has 0 aliphatic carbocycles. The van der Waals surface area contributed by atoms with Crippen molar-refractivity contribution in [3.8, 4) is 0 Å². The summed E-state index contributed by atoms with van der Waals surface area (Å²) in [7, 11) is 0. The lowest BCUT2D eigenvalue weighted by Gasteiger charge is -2.44. The van der Waals surface area contributed by atoms with E-state index in [1.807, 2.05) is 0 Å². The Labute approximate surface area is 148 Å². The van der Waals surface area contributed by atoms with Gasteiger partial charge in [-0.2, -0.15) is 13.2 Å². The van der Waals surface area contributed by atoms with Crippen molar-refractivity contribution < 1.29 is 32.3 Å². The van der Waals surface area contributed by atoms with E-state index in [4.69, 9.17) is 0 Å². The van der Waals surface area contributed by atoms with Crippen molar-refractivity contribution in [2.24, 2.45) is 5.92 Å². The Morgan fingerprint density at radius 1 is 1.23 bits per heavy atom. The minimum atomic E-state index is -5.34. The SMILES string of the molecule is O=C1N[C@H](c2cccc(F)c2)[C@H](C(=O)c2cccs2)[C@](O)(C(F)(F)F)N1. The molecule has 0 saturated carbocycles. The molecule has 0 bridgehead atoms. The van der Waals surface area contributed by atoms with Crippen LogP contribution >= 0.6 is 11.3 Å². The second kappa shape index (κ2) is 6.36. The van der Waals surface area contributed by atoms with Gasteiger partial charge < -0.3 is 15.7 Å². The van der Waals surface area contributed by atoms with Crippen molar-refractivity contribution in [1.82, 2.24) is 10.6 Å². The molecule has 3 N–H and O–H groups in total. The number of Topliss-reactive ketones (excluding diaryl/α,β-unsaturated/α-hetero) is 1. The van der Waals surface area contributed by atoms with Crippen molar-refractivity contribution in [2.75, 3.05) is 0 Å². The van der Waals surface area contributed by atoms with Gasteiger partial charge in [0, 0.05) is 0 Å². The zero-order valence-corrected chi connectivity index (χ0v) is 13.7. The van der Waals surface area contributed by atoms with Gasteiger partial charge in [0.2, 0.25) is 5.72 Å². The lowest BCUT2D eigenvalue weighted by Crippen LogP contribution is -2.72. The van der Waals surface area contributed by atoms with E-state index in [0.717, 1.165) is 23.5 Å². The van der Waals surface area contributed by atoms with E-state index in [-0.39, 0.29) is 10.4 Å². The van der Waals surface area contributed by atoms with E-state index in [2.05, 4.69) is 5.32 Å². The molecule has 1 saturated heterocycles. The number of hydrogen-bond acceptors (Lipinski definition) is 4. The zero-order chi connectivity index (χ0) is 19.1. The molecule has 1 fully saturated rings. The highest BCUT2D eigenvalue weighted by Gasteiger charge is 2.66. The number of halogens is 4. The largest absolute Gasteiger partial charge is 0.437 e. The number of rotatable bonds is 3. The van der Waals surface area contributed by atoms with Gasteiger partial charge in [-0.1, -0.05) is 18.2 Å². The third-order valence-corrected chi connectivity index (χ3v) is 4.94. The normalized spacial score (nSPS) is 26.1. The van der Waals surface area contributed by atoms with E-state index in [1.54, 1.807) is 0 Å². The molecule has 2 aromatic rings. The maximum Gasteiger partial charge on any atom is 0.437 e. The molecule has 0 spiro atoms. The topological polar surface area (TPSA) is 78.4 Å². The summed E-state index contributed by atoms with van der Waals surface area (Å²) in [5.41, 5.74) is -3.88. The highest BCUT2D eigenvalue weighted by Crippen LogP contribution is 2.44. The summed E-state index contributed by atoms with van der Waals surface area (Å²) >= 11 is 0.895. The number of aliphatic hydroxyl groups is 1. The average molecular weight is 388 g/mol. The quantitative estimate of drug-likeness (QED) is 0.559. The van der Waals surface area contributed by atoms with Gasteiger partial charge in [0.1, 0.15) is 11.7 Å². The first-order chi connectivity index (χ1) is 12.1. The van der Waals surface area contributed by atoms with Crippen LogP contribution in [0.2, 0.25) is 0 Å². The van der Waals surface area contributed by atoms with E-state index >= 15 is 0 Å². The van der Waals surface area contributed by atoms with Gasteiger partial charge in [0.05, 0.1) is 10.9 Å². The van der Waals surface area contributed by atoms with E-state index < -0.39 is 41.5 Å². The van der Waals surface area contributed by atoms with Gasteiger partial charge in [-0.05, 0) is 29.1 Å². The molecule has 1 aromatic heterocycles. The highest BCUT2D eigenvalue weighted by atomic mass is 32.1. The van der Waals surface area contributed by atoms with Crippen molar-refractivity contribution in [3.05, 3.63) is 58.0 Å². The highest BCUT2D eigenvalue weighted by molar-refractivity contribution is 7.12. The molecule has 5 nitrogen and oxygen atoms in total. The number of thiophene rings is 1. The second-order valence-corrected chi connectivity index (χ2v) is 6.66. The predicted octanol–water partition coefficient (Wildman–Crippen LogP) is 2.99. The molecular weight excluding hydrogens is 376 g/mol. The molecular formula is C16H12F4N2O3S. The van der Waals surface area contributed by atoms with E-state index in [9.17, 15) is 32.3 Å². The number of benzene rings is 1. The number of ketones is 1. The Kier molecular flexibility index (Phi) is 4.49. The first-order valence-electron chi connectivity index (χ1n) is 7.34. The molecule has 138 valence electrons. The number of urea groups is 1. The molecule has 2 heterocycles. The summed E-state index contributed by atoms with van der Waals surface area (Å²) in [4.78, 5) is 24.5. The monoisotopic (exact) mass is 388 g/mol. The van der Waals surface area contributed by atoms with Crippen LogP contribution in [0.5, 0.6) is 0 Å². The van der Waals surface area contributed by atoms with Gasteiger partial charge >= 0.3 is 12.2 Å². The van der Waals surface area contributed by atoms with Crippen molar-refractivity contribution >= 4 is 23.2 Å². The first-order valence-corrected chi connectivity index (χ1v) is 8.22. The first kappa shape index (κ1) is 18.3. The number of carbonyl (C=O) groups excluding carboxylic acids is 2. The standard InChI is InChI=1S/C16H12F4N2O3S/c17-9-4-1-3-8(7-9)12-11(13(23)10-5-2-6-26-10)15(25,16(18,19)20)22-14(24)21-12/h1-7,11-12,25H,(H2,21,22,24)/t11-,12-,15+/m1/s1. The van der Waals surface area contributed by atoms with Crippen LogP contribution in [-0.4, -0.2) is 28.8 Å². The summed E-state index contributed by atoms with van der Waals surface area (Å²) < 4.78 is 54.4. The van der Waals surface area contributed by atoms with Crippen LogP contribution in [0.1, 0.15) is 21.3 Å². The van der Waals surface area contributed by atoms with Crippen molar-refractivity contribution in [2.45, 2.75) is 17.9 Å². The van der Waals surface area contributed by atoms with Crippen LogP contribution in [0.25, 0.3) is 0 Å². The number of alkyl halides is 3. The number of nitrogens with one attached hydrogen (secondary N) is 2. The fraction of sp³-hybridized carbons (Fsp3) is 0.250. The maximum absolute atomic E-state index is 13.6. The predicted molar refractivity (Wildman–Crippen MR) is 84.0 cm³/mol. The van der Waals surface area contributed by atoms with E-state index in [1.165, 1.54) is 35.0 Å². The van der Waals surface area contributed by atoms with Crippen molar-refractivity contribution in [1.29, 1.82) is 0 Å². The van der Waals surface area contributed by atoms with Crippen LogP contribution < -0.4 is 10.6 Å². The number of carbonyl (C=O) groups is 2. The van der Waals surface area contributed by atoms with Gasteiger partial charge in [0.15, 0.2) is 5.78 Å². The molecule has 3 atom stereocenters. The Morgan fingerprint density at radius 3 is 2.54 bits per heavy atom. The van der Waals surface area contributed by atoms with Crippen LogP contribution in [0, 0.1) is 11.7 Å². The fourth-order valence-electron chi connectivity index (χ4n) is 2.89. The van der Waals surface area contributed by atoms with Gasteiger partial charge in [0.25, 0.3) is 0 Å². The maximum atomic E-state index is 13.6. The van der Waals surface area contributed by atoms with Gasteiger partial charge in [-0.15, -0.1) is 11.3 Å². The molecule has 1 aliphatic heterocycles. The lowest BCUT2D eigenvalue weighted by atomic mass is 9.78. The summed E-state index contributed by atoms with van der Waals surface area (Å²) in [6.07, 6.45) is -5.34. The third-order valence-electron chi connectivity index (χ3n) is 4.06. The molecule has 0 radical (unpaired) electrons. The smallest absolute Gasteiger partial charge is 0.363 e.